The minimum Gasteiger partial charge on any atom is -0.462 e. The average molecular weight is 259 g/mol. The van der Waals surface area contributed by atoms with E-state index < -0.39 is 0 Å². The molecule has 1 aromatic carbocycles. The van der Waals surface area contributed by atoms with Crippen molar-refractivity contribution >= 4 is 27.6 Å². The second kappa shape index (κ2) is 4.97. The number of nitrogen functional groups attached to an aromatic ring is 1. The number of hydrazine groups is 1. The Bertz CT molecular complexity index is 342. The van der Waals surface area contributed by atoms with Crippen LogP contribution in [0.1, 0.15) is 17.3 Å². The number of nitrogens with one attached hydrogen (secondary N) is 1. The molecule has 0 aromatic heterocycles. The standard InChI is InChI=1S/C9H11BrN2O2/c1-2-14-9(13)7-4-3-6(12-11)5-8(7)10/h3-5,12H,2,11H2,1H3. The zero-order chi connectivity index (χ0) is 10.6. The van der Waals surface area contributed by atoms with Crippen LogP contribution in [0, 0.1) is 0 Å². The average Bonchev–Trinajstić information content (AvgIpc) is 2.17. The molecule has 0 saturated heterocycles. The van der Waals surface area contributed by atoms with E-state index in [1.54, 1.807) is 25.1 Å². The quantitative estimate of drug-likeness (QED) is 0.494. The summed E-state index contributed by atoms with van der Waals surface area (Å²) in [5, 5.41) is 0. The number of anilines is 1. The predicted molar refractivity (Wildman–Crippen MR) is 57.9 cm³/mol. The highest BCUT2D eigenvalue weighted by Crippen LogP contribution is 2.21. The third-order valence-corrected chi connectivity index (χ3v) is 2.29. The molecule has 0 spiro atoms. The van der Waals surface area contributed by atoms with E-state index in [2.05, 4.69) is 21.4 Å². The number of carbonyl (C=O) groups is 1. The Morgan fingerprint density at radius 1 is 1.64 bits per heavy atom. The maximum absolute atomic E-state index is 11.4. The number of carbonyl (C=O) groups excluding carboxylic acids is 1. The van der Waals surface area contributed by atoms with Crippen molar-refractivity contribution in [1.29, 1.82) is 0 Å². The van der Waals surface area contributed by atoms with E-state index in [-0.39, 0.29) is 5.97 Å². The van der Waals surface area contributed by atoms with Crippen LogP contribution in [0.5, 0.6) is 0 Å². The fraction of sp³-hybridized carbons (Fsp3) is 0.222. The summed E-state index contributed by atoms with van der Waals surface area (Å²) < 4.78 is 5.52. The fourth-order valence-electron chi connectivity index (χ4n) is 0.979. The number of nitrogens with two attached hydrogens (primary N) is 1. The molecule has 0 aliphatic carbocycles. The lowest BCUT2D eigenvalue weighted by molar-refractivity contribution is 0.0525. The smallest absolute Gasteiger partial charge is 0.339 e. The predicted octanol–water partition coefficient (Wildman–Crippen LogP) is 1.91. The van der Waals surface area contributed by atoms with Crippen LogP contribution in [0.3, 0.4) is 0 Å². The lowest BCUT2D eigenvalue weighted by atomic mass is 10.2. The van der Waals surface area contributed by atoms with Gasteiger partial charge in [0.25, 0.3) is 0 Å². The van der Waals surface area contributed by atoms with Gasteiger partial charge in [-0.2, -0.15) is 0 Å². The van der Waals surface area contributed by atoms with Crippen LogP contribution in [0.15, 0.2) is 22.7 Å². The van der Waals surface area contributed by atoms with Crippen molar-refractivity contribution in [1.82, 2.24) is 0 Å². The molecule has 0 atom stereocenters. The van der Waals surface area contributed by atoms with Gasteiger partial charge in [-0.1, -0.05) is 0 Å². The maximum Gasteiger partial charge on any atom is 0.339 e. The molecule has 0 amide bonds. The molecule has 76 valence electrons. The van der Waals surface area contributed by atoms with E-state index in [0.717, 1.165) is 5.69 Å². The molecule has 14 heavy (non-hydrogen) atoms. The largest absolute Gasteiger partial charge is 0.462 e. The van der Waals surface area contributed by atoms with Crippen molar-refractivity contribution in [3.05, 3.63) is 28.2 Å². The van der Waals surface area contributed by atoms with Crippen molar-refractivity contribution in [2.24, 2.45) is 5.84 Å². The van der Waals surface area contributed by atoms with Crippen LogP contribution in [0.2, 0.25) is 0 Å². The summed E-state index contributed by atoms with van der Waals surface area (Å²) in [5.74, 6) is 4.87. The first-order chi connectivity index (χ1) is 6.69. The summed E-state index contributed by atoms with van der Waals surface area (Å²) in [6.45, 7) is 2.13. The van der Waals surface area contributed by atoms with Gasteiger partial charge in [-0.3, -0.25) is 5.84 Å². The first-order valence-electron chi connectivity index (χ1n) is 4.12. The molecule has 0 heterocycles. The van der Waals surface area contributed by atoms with Crippen LogP contribution in [-0.4, -0.2) is 12.6 Å². The lowest BCUT2D eigenvalue weighted by Gasteiger charge is -2.06. The molecule has 1 rings (SSSR count). The zero-order valence-electron chi connectivity index (χ0n) is 7.71. The number of benzene rings is 1. The molecule has 0 fully saturated rings. The Hall–Kier alpha value is -1.07. The van der Waals surface area contributed by atoms with Gasteiger partial charge in [0.1, 0.15) is 0 Å². The van der Waals surface area contributed by atoms with Gasteiger partial charge in [0.15, 0.2) is 0 Å². The SMILES string of the molecule is CCOC(=O)c1ccc(NN)cc1Br. The minimum atomic E-state index is -0.344. The zero-order valence-corrected chi connectivity index (χ0v) is 9.30. The van der Waals surface area contributed by atoms with Crippen molar-refractivity contribution in [3.8, 4) is 0 Å². The maximum atomic E-state index is 11.4. The van der Waals surface area contributed by atoms with Crippen LogP contribution < -0.4 is 11.3 Å². The third-order valence-electron chi connectivity index (χ3n) is 1.63. The molecular weight excluding hydrogens is 248 g/mol. The van der Waals surface area contributed by atoms with Gasteiger partial charge in [-0.15, -0.1) is 0 Å². The van der Waals surface area contributed by atoms with Crippen LogP contribution in [-0.2, 0) is 4.74 Å². The minimum absolute atomic E-state index is 0.344. The van der Waals surface area contributed by atoms with Crippen LogP contribution in [0.25, 0.3) is 0 Å². The van der Waals surface area contributed by atoms with E-state index in [4.69, 9.17) is 10.6 Å². The summed E-state index contributed by atoms with van der Waals surface area (Å²) in [6, 6.07) is 5.07. The monoisotopic (exact) mass is 258 g/mol. The molecule has 4 nitrogen and oxygen atoms in total. The highest BCUT2D eigenvalue weighted by Gasteiger charge is 2.10. The van der Waals surface area contributed by atoms with Crippen LogP contribution in [0.4, 0.5) is 5.69 Å². The van der Waals surface area contributed by atoms with Crippen molar-refractivity contribution in [2.75, 3.05) is 12.0 Å². The van der Waals surface area contributed by atoms with E-state index in [0.29, 0.717) is 16.6 Å². The number of rotatable bonds is 3. The fourth-order valence-corrected chi connectivity index (χ4v) is 1.52. The Morgan fingerprint density at radius 3 is 2.86 bits per heavy atom. The Kier molecular flexibility index (Phi) is 3.91. The van der Waals surface area contributed by atoms with Gasteiger partial charge in [0.2, 0.25) is 0 Å². The first kappa shape index (κ1) is 11.0. The normalized spacial score (nSPS) is 9.64. The van der Waals surface area contributed by atoms with E-state index >= 15 is 0 Å². The molecule has 0 aliphatic rings. The molecule has 0 unspecified atom stereocenters. The summed E-state index contributed by atoms with van der Waals surface area (Å²) >= 11 is 3.26. The number of hydrogen-bond donors (Lipinski definition) is 2. The molecule has 0 bridgehead atoms. The highest BCUT2D eigenvalue weighted by atomic mass is 79.9. The lowest BCUT2D eigenvalue weighted by Crippen LogP contribution is -2.09. The summed E-state index contributed by atoms with van der Waals surface area (Å²) in [6.07, 6.45) is 0. The van der Waals surface area contributed by atoms with Gasteiger partial charge in [-0.05, 0) is 41.1 Å². The first-order valence-corrected chi connectivity index (χ1v) is 4.91. The molecular formula is C9H11BrN2O2. The second-order valence-electron chi connectivity index (χ2n) is 2.56. The molecule has 0 radical (unpaired) electrons. The Morgan fingerprint density at radius 2 is 2.36 bits per heavy atom. The third kappa shape index (κ3) is 2.46. The highest BCUT2D eigenvalue weighted by molar-refractivity contribution is 9.10. The Balaban J connectivity index is 2.94. The summed E-state index contributed by atoms with van der Waals surface area (Å²) in [4.78, 5) is 11.4. The topological polar surface area (TPSA) is 64.3 Å². The molecule has 0 saturated carbocycles. The Labute approximate surface area is 90.5 Å². The van der Waals surface area contributed by atoms with Gasteiger partial charge in [0, 0.05) is 10.2 Å². The van der Waals surface area contributed by atoms with Crippen LogP contribution >= 0.6 is 15.9 Å². The van der Waals surface area contributed by atoms with Gasteiger partial charge < -0.3 is 10.2 Å². The number of hydrogen-bond acceptors (Lipinski definition) is 4. The molecule has 3 N–H and O–H groups in total. The van der Waals surface area contributed by atoms with Crippen molar-refractivity contribution in [2.45, 2.75) is 6.92 Å². The van der Waals surface area contributed by atoms with E-state index in [9.17, 15) is 4.79 Å². The summed E-state index contributed by atoms with van der Waals surface area (Å²) in [5.41, 5.74) is 3.70. The number of halogens is 1. The number of ether oxygens (including phenoxy) is 1. The van der Waals surface area contributed by atoms with Crippen molar-refractivity contribution in [3.63, 3.8) is 0 Å². The van der Waals surface area contributed by atoms with Gasteiger partial charge in [-0.25, -0.2) is 4.79 Å². The van der Waals surface area contributed by atoms with Gasteiger partial charge >= 0.3 is 5.97 Å². The second-order valence-corrected chi connectivity index (χ2v) is 3.41. The van der Waals surface area contributed by atoms with Gasteiger partial charge in [0.05, 0.1) is 12.2 Å². The molecule has 1 aromatic rings. The van der Waals surface area contributed by atoms with E-state index in [1.807, 2.05) is 0 Å². The van der Waals surface area contributed by atoms with Crippen molar-refractivity contribution < 1.29 is 9.53 Å². The number of esters is 1. The van der Waals surface area contributed by atoms with E-state index in [1.165, 1.54) is 0 Å². The summed E-state index contributed by atoms with van der Waals surface area (Å²) in [7, 11) is 0. The molecule has 5 heteroatoms. The molecule has 0 aliphatic heterocycles.